The molecule has 1 heterocycles. The van der Waals surface area contributed by atoms with Crippen LogP contribution in [0.2, 0.25) is 0 Å². The molecule has 0 fully saturated rings. The first-order chi connectivity index (χ1) is 12.3. The van der Waals surface area contributed by atoms with Gasteiger partial charge < -0.3 is 0 Å². The number of benzene rings is 2. The molecule has 1 aliphatic heterocycles. The lowest BCUT2D eigenvalue weighted by atomic mass is 9.98. The SMILES string of the molecule is O=C(NO)c1ccc2c(c1)CN(S(=O)(=O)c1ccc([N+](=O)[O-])cc1)CC2. The molecule has 2 aromatic carbocycles. The average molecular weight is 377 g/mol. The van der Waals surface area contributed by atoms with Crippen LogP contribution in [0.5, 0.6) is 0 Å². The number of nitrogens with zero attached hydrogens (tertiary/aromatic N) is 2. The molecule has 136 valence electrons. The van der Waals surface area contributed by atoms with E-state index in [0.29, 0.717) is 12.0 Å². The van der Waals surface area contributed by atoms with Crippen LogP contribution in [0.3, 0.4) is 0 Å². The van der Waals surface area contributed by atoms with Crippen molar-refractivity contribution in [3.8, 4) is 0 Å². The van der Waals surface area contributed by atoms with Crippen LogP contribution in [0.1, 0.15) is 21.5 Å². The predicted molar refractivity (Wildman–Crippen MR) is 90.1 cm³/mol. The van der Waals surface area contributed by atoms with Gasteiger partial charge in [-0.05, 0) is 41.8 Å². The molecule has 0 aromatic heterocycles. The molecule has 10 heteroatoms. The van der Waals surface area contributed by atoms with E-state index >= 15 is 0 Å². The highest BCUT2D eigenvalue weighted by Gasteiger charge is 2.29. The van der Waals surface area contributed by atoms with Crippen molar-refractivity contribution in [1.29, 1.82) is 0 Å². The second-order valence-corrected chi connectivity index (χ2v) is 7.70. The Kier molecular flexibility index (Phi) is 4.72. The summed E-state index contributed by atoms with van der Waals surface area (Å²) >= 11 is 0. The van der Waals surface area contributed by atoms with Gasteiger partial charge in [0.1, 0.15) is 0 Å². The highest BCUT2D eigenvalue weighted by Crippen LogP contribution is 2.26. The standard InChI is InChI=1S/C16H15N3O6S/c20-16(17-21)12-2-1-11-7-8-18(10-13(11)9-12)26(24,25)15-5-3-14(4-6-15)19(22)23/h1-6,9,21H,7-8,10H2,(H,17,20). The Balaban J connectivity index is 1.89. The van der Waals surface area contributed by atoms with Crippen molar-refractivity contribution in [2.24, 2.45) is 0 Å². The predicted octanol–water partition coefficient (Wildman–Crippen LogP) is 1.46. The molecule has 0 saturated carbocycles. The molecule has 0 atom stereocenters. The van der Waals surface area contributed by atoms with Crippen molar-refractivity contribution in [3.63, 3.8) is 0 Å². The molecule has 0 spiro atoms. The van der Waals surface area contributed by atoms with Crippen molar-refractivity contribution in [3.05, 3.63) is 69.3 Å². The zero-order chi connectivity index (χ0) is 18.9. The molecule has 0 saturated heterocycles. The molecule has 1 aliphatic rings. The summed E-state index contributed by atoms with van der Waals surface area (Å²) in [6.07, 6.45) is 0.475. The molecule has 0 unspecified atom stereocenters. The van der Waals surface area contributed by atoms with Crippen LogP contribution in [0.15, 0.2) is 47.4 Å². The minimum absolute atomic E-state index is 0.0317. The van der Waals surface area contributed by atoms with Gasteiger partial charge in [-0.25, -0.2) is 13.9 Å². The number of hydroxylamine groups is 1. The molecule has 2 aromatic rings. The normalized spacial score (nSPS) is 14.5. The van der Waals surface area contributed by atoms with Crippen molar-refractivity contribution in [2.45, 2.75) is 17.9 Å². The number of nitro groups is 1. The maximum Gasteiger partial charge on any atom is 0.274 e. The van der Waals surface area contributed by atoms with Gasteiger partial charge in [-0.3, -0.25) is 20.1 Å². The minimum Gasteiger partial charge on any atom is -0.288 e. The summed E-state index contributed by atoms with van der Waals surface area (Å²) in [6, 6.07) is 9.54. The molecule has 3 rings (SSSR count). The maximum absolute atomic E-state index is 12.8. The second-order valence-electron chi connectivity index (χ2n) is 5.76. The van der Waals surface area contributed by atoms with Gasteiger partial charge in [0, 0.05) is 30.8 Å². The third kappa shape index (κ3) is 3.29. The van der Waals surface area contributed by atoms with Crippen molar-refractivity contribution < 1.29 is 23.3 Å². The maximum atomic E-state index is 12.8. The lowest BCUT2D eigenvalue weighted by Crippen LogP contribution is -2.36. The fourth-order valence-corrected chi connectivity index (χ4v) is 4.25. The Bertz CT molecular complexity index is 972. The Morgan fingerprint density at radius 1 is 1.15 bits per heavy atom. The van der Waals surface area contributed by atoms with Crippen molar-refractivity contribution in [2.75, 3.05) is 6.54 Å². The van der Waals surface area contributed by atoms with Gasteiger partial charge in [-0.15, -0.1) is 0 Å². The Hall–Kier alpha value is -2.82. The summed E-state index contributed by atoms with van der Waals surface area (Å²) in [5.41, 5.74) is 3.17. The van der Waals surface area contributed by atoms with E-state index in [0.717, 1.165) is 17.7 Å². The molecule has 9 nitrogen and oxygen atoms in total. The summed E-state index contributed by atoms with van der Waals surface area (Å²) < 4.78 is 26.8. The zero-order valence-corrected chi connectivity index (χ0v) is 14.3. The Labute approximate surface area is 149 Å². The van der Waals surface area contributed by atoms with Gasteiger partial charge >= 0.3 is 0 Å². The molecular formula is C16H15N3O6S. The number of sulfonamides is 1. The number of hydrogen-bond donors (Lipinski definition) is 2. The van der Waals surface area contributed by atoms with Gasteiger partial charge in [0.05, 0.1) is 9.82 Å². The first-order valence-corrected chi connectivity index (χ1v) is 9.08. The summed E-state index contributed by atoms with van der Waals surface area (Å²) in [7, 11) is -3.83. The monoisotopic (exact) mass is 377 g/mol. The quantitative estimate of drug-likeness (QED) is 0.471. The summed E-state index contributed by atoms with van der Waals surface area (Å²) in [4.78, 5) is 21.6. The number of rotatable bonds is 4. The van der Waals surface area contributed by atoms with E-state index in [9.17, 15) is 23.3 Å². The van der Waals surface area contributed by atoms with E-state index in [1.807, 2.05) is 0 Å². The largest absolute Gasteiger partial charge is 0.288 e. The number of nitro benzene ring substituents is 1. The van der Waals surface area contributed by atoms with Crippen LogP contribution >= 0.6 is 0 Å². The van der Waals surface area contributed by atoms with E-state index in [2.05, 4.69) is 0 Å². The molecule has 0 aliphatic carbocycles. The molecule has 0 radical (unpaired) electrons. The van der Waals surface area contributed by atoms with E-state index in [1.54, 1.807) is 23.7 Å². The Morgan fingerprint density at radius 3 is 2.46 bits per heavy atom. The number of nitrogens with one attached hydrogen (secondary N) is 1. The topological polar surface area (TPSA) is 130 Å². The number of hydrogen-bond acceptors (Lipinski definition) is 6. The van der Waals surface area contributed by atoms with Gasteiger partial charge in [0.2, 0.25) is 10.0 Å². The number of carbonyl (C=O) groups excluding carboxylic acids is 1. The fourth-order valence-electron chi connectivity index (χ4n) is 2.83. The minimum atomic E-state index is -3.83. The van der Waals surface area contributed by atoms with Gasteiger partial charge in [-0.1, -0.05) is 6.07 Å². The van der Waals surface area contributed by atoms with E-state index < -0.39 is 20.9 Å². The van der Waals surface area contributed by atoms with E-state index in [-0.39, 0.29) is 29.2 Å². The van der Waals surface area contributed by atoms with Gasteiger partial charge in [-0.2, -0.15) is 4.31 Å². The summed E-state index contributed by atoms with van der Waals surface area (Å²) in [5.74, 6) is -0.678. The zero-order valence-electron chi connectivity index (χ0n) is 13.5. The third-order valence-corrected chi connectivity index (χ3v) is 6.09. The Morgan fingerprint density at radius 2 is 1.85 bits per heavy atom. The summed E-state index contributed by atoms with van der Waals surface area (Å²) in [5, 5.41) is 19.4. The first kappa shape index (κ1) is 18.0. The fraction of sp³-hybridized carbons (Fsp3) is 0.188. The highest BCUT2D eigenvalue weighted by atomic mass is 32.2. The lowest BCUT2D eigenvalue weighted by molar-refractivity contribution is -0.384. The molecule has 2 N–H and O–H groups in total. The smallest absolute Gasteiger partial charge is 0.274 e. The average Bonchev–Trinajstić information content (AvgIpc) is 2.66. The highest BCUT2D eigenvalue weighted by molar-refractivity contribution is 7.89. The number of carbonyl (C=O) groups is 1. The number of non-ortho nitro benzene ring substituents is 1. The van der Waals surface area contributed by atoms with E-state index in [1.165, 1.54) is 16.4 Å². The molecule has 26 heavy (non-hydrogen) atoms. The van der Waals surface area contributed by atoms with Crippen LogP contribution in [-0.2, 0) is 23.0 Å². The van der Waals surface area contributed by atoms with Crippen LogP contribution in [0, 0.1) is 10.1 Å². The van der Waals surface area contributed by atoms with Crippen molar-refractivity contribution in [1.82, 2.24) is 9.79 Å². The lowest BCUT2D eigenvalue weighted by Gasteiger charge is -2.28. The second kappa shape index (κ2) is 6.83. The first-order valence-electron chi connectivity index (χ1n) is 7.64. The van der Waals surface area contributed by atoms with Crippen LogP contribution in [-0.4, -0.2) is 35.3 Å². The summed E-state index contributed by atoms with van der Waals surface area (Å²) in [6.45, 7) is 0.332. The van der Waals surface area contributed by atoms with Crippen LogP contribution in [0.4, 0.5) is 5.69 Å². The number of fused-ring (bicyclic) bond motifs is 1. The molecule has 1 amide bonds. The van der Waals surface area contributed by atoms with Crippen LogP contribution in [0.25, 0.3) is 0 Å². The van der Waals surface area contributed by atoms with Crippen LogP contribution < -0.4 is 5.48 Å². The third-order valence-electron chi connectivity index (χ3n) is 4.23. The number of amides is 1. The van der Waals surface area contributed by atoms with Crippen molar-refractivity contribution >= 4 is 21.6 Å². The molecule has 0 bridgehead atoms. The van der Waals surface area contributed by atoms with Gasteiger partial charge in [0.15, 0.2) is 0 Å². The van der Waals surface area contributed by atoms with E-state index in [4.69, 9.17) is 5.21 Å². The van der Waals surface area contributed by atoms with Gasteiger partial charge in [0.25, 0.3) is 11.6 Å². The molecular weight excluding hydrogens is 362 g/mol.